The average molecular weight is 385 g/mol. The molecule has 0 saturated carbocycles. The number of benzene rings is 1. The van der Waals surface area contributed by atoms with Gasteiger partial charge in [0.2, 0.25) is 10.1 Å². The van der Waals surface area contributed by atoms with Crippen molar-refractivity contribution in [2.45, 2.75) is 6.18 Å². The Hall–Kier alpha value is -2.69. The van der Waals surface area contributed by atoms with Gasteiger partial charge in [-0.15, -0.1) is 10.2 Å². The second-order valence-corrected chi connectivity index (χ2v) is 6.53. The number of alkyl halides is 3. The normalized spacial score (nSPS) is 15.2. The van der Waals surface area contributed by atoms with Gasteiger partial charge in [0.1, 0.15) is 0 Å². The van der Waals surface area contributed by atoms with Gasteiger partial charge in [0.15, 0.2) is 0 Å². The van der Waals surface area contributed by atoms with E-state index in [0.29, 0.717) is 18.2 Å². The molecule has 0 atom stereocenters. The molecule has 0 spiro atoms. The first-order chi connectivity index (χ1) is 12.3. The fraction of sp³-hybridized carbons (Fsp3) is 0.333. The van der Waals surface area contributed by atoms with Crippen LogP contribution in [0.1, 0.15) is 25.7 Å². The molecule has 138 valence electrons. The van der Waals surface area contributed by atoms with E-state index in [4.69, 9.17) is 5.73 Å². The Bertz CT molecular complexity index is 831. The number of halogens is 3. The highest BCUT2D eigenvalue weighted by molar-refractivity contribution is 7.17. The molecule has 0 bridgehead atoms. The van der Waals surface area contributed by atoms with Crippen molar-refractivity contribution in [3.63, 3.8) is 0 Å². The zero-order valence-electron chi connectivity index (χ0n) is 13.4. The van der Waals surface area contributed by atoms with Gasteiger partial charge in [-0.1, -0.05) is 23.5 Å². The predicted molar refractivity (Wildman–Crippen MR) is 88.0 cm³/mol. The molecule has 1 aliphatic heterocycles. The van der Waals surface area contributed by atoms with E-state index in [9.17, 15) is 22.8 Å². The number of carbonyl (C=O) groups excluding carboxylic acids is 2. The lowest BCUT2D eigenvalue weighted by atomic mass is 10.1. The van der Waals surface area contributed by atoms with Crippen LogP contribution in [0.2, 0.25) is 0 Å². The number of nitrogens with two attached hydrogens (primary N) is 1. The quantitative estimate of drug-likeness (QED) is 0.867. The number of primary amides is 1. The first-order valence-electron chi connectivity index (χ1n) is 7.61. The molecule has 26 heavy (non-hydrogen) atoms. The molecule has 1 saturated heterocycles. The summed E-state index contributed by atoms with van der Waals surface area (Å²) >= 11 is 1.04. The summed E-state index contributed by atoms with van der Waals surface area (Å²) in [6.07, 6.45) is -4.59. The third-order valence-electron chi connectivity index (χ3n) is 3.93. The van der Waals surface area contributed by atoms with E-state index in [2.05, 4.69) is 10.2 Å². The molecular weight excluding hydrogens is 371 g/mol. The molecule has 2 heterocycles. The predicted octanol–water partition coefficient (Wildman–Crippen LogP) is 1.62. The molecule has 1 fully saturated rings. The molecule has 0 radical (unpaired) electrons. The highest BCUT2D eigenvalue weighted by Gasteiger charge is 2.36. The number of hydrogen-bond donors (Lipinski definition) is 1. The van der Waals surface area contributed by atoms with Gasteiger partial charge in [0, 0.05) is 26.2 Å². The largest absolute Gasteiger partial charge is 0.417 e. The van der Waals surface area contributed by atoms with Crippen molar-refractivity contribution in [2.24, 2.45) is 5.73 Å². The topological polar surface area (TPSA) is 92.4 Å². The van der Waals surface area contributed by atoms with Crippen molar-refractivity contribution in [3.8, 4) is 0 Å². The minimum Gasteiger partial charge on any atom is -0.363 e. The Morgan fingerprint density at radius 3 is 2.31 bits per heavy atom. The SMILES string of the molecule is NC(=O)c1nnc(N2CCN(C(=O)c3ccccc3C(F)(F)F)CC2)s1. The van der Waals surface area contributed by atoms with Gasteiger partial charge in [-0.2, -0.15) is 13.2 Å². The van der Waals surface area contributed by atoms with Crippen molar-refractivity contribution in [1.29, 1.82) is 0 Å². The fourth-order valence-corrected chi connectivity index (χ4v) is 3.38. The average Bonchev–Trinajstić information content (AvgIpc) is 3.11. The molecular formula is C15H14F3N5O2S. The maximum absolute atomic E-state index is 13.1. The number of aromatic nitrogens is 2. The van der Waals surface area contributed by atoms with Crippen LogP contribution in [0.25, 0.3) is 0 Å². The van der Waals surface area contributed by atoms with E-state index in [1.54, 1.807) is 0 Å². The lowest BCUT2D eigenvalue weighted by Gasteiger charge is -2.34. The fourth-order valence-electron chi connectivity index (χ4n) is 2.63. The van der Waals surface area contributed by atoms with Crippen LogP contribution in [-0.2, 0) is 6.18 Å². The summed E-state index contributed by atoms with van der Waals surface area (Å²) < 4.78 is 39.3. The van der Waals surface area contributed by atoms with Crippen molar-refractivity contribution in [3.05, 3.63) is 40.4 Å². The van der Waals surface area contributed by atoms with Crippen molar-refractivity contribution in [1.82, 2.24) is 15.1 Å². The number of amides is 2. The monoisotopic (exact) mass is 385 g/mol. The highest BCUT2D eigenvalue weighted by Crippen LogP contribution is 2.32. The first-order valence-corrected chi connectivity index (χ1v) is 8.43. The highest BCUT2D eigenvalue weighted by atomic mass is 32.1. The lowest BCUT2D eigenvalue weighted by Crippen LogP contribution is -2.49. The number of carbonyl (C=O) groups is 2. The van der Waals surface area contributed by atoms with Crippen LogP contribution >= 0.6 is 11.3 Å². The second-order valence-electron chi connectivity index (χ2n) is 5.58. The third kappa shape index (κ3) is 3.62. The molecule has 2 N–H and O–H groups in total. The Morgan fingerprint density at radius 1 is 1.08 bits per heavy atom. The molecule has 0 unspecified atom stereocenters. The van der Waals surface area contributed by atoms with Crippen LogP contribution in [0, 0.1) is 0 Å². The van der Waals surface area contributed by atoms with Crippen LogP contribution in [0.15, 0.2) is 24.3 Å². The molecule has 11 heteroatoms. The van der Waals surface area contributed by atoms with E-state index in [-0.39, 0.29) is 23.7 Å². The number of rotatable bonds is 3. The van der Waals surface area contributed by atoms with E-state index in [1.165, 1.54) is 23.1 Å². The number of piperazine rings is 1. The Kier molecular flexibility index (Phi) is 4.81. The molecule has 1 aromatic heterocycles. The standard InChI is InChI=1S/C15H14F3N5O2S/c16-15(17,18)10-4-2-1-3-9(10)13(25)22-5-7-23(8-6-22)14-21-20-12(26-14)11(19)24/h1-4H,5-8H2,(H2,19,24). The summed E-state index contributed by atoms with van der Waals surface area (Å²) in [4.78, 5) is 26.8. The first kappa shape index (κ1) is 18.1. The molecule has 2 amide bonds. The van der Waals surface area contributed by atoms with E-state index in [0.717, 1.165) is 17.4 Å². The Morgan fingerprint density at radius 2 is 1.73 bits per heavy atom. The molecule has 1 aromatic carbocycles. The zero-order valence-corrected chi connectivity index (χ0v) is 14.2. The van der Waals surface area contributed by atoms with Gasteiger partial charge in [0.25, 0.3) is 11.8 Å². The molecule has 0 aliphatic carbocycles. The van der Waals surface area contributed by atoms with Gasteiger partial charge in [-0.05, 0) is 12.1 Å². The second kappa shape index (κ2) is 6.90. The van der Waals surface area contributed by atoms with Crippen LogP contribution in [-0.4, -0.2) is 53.1 Å². The summed E-state index contributed by atoms with van der Waals surface area (Å²) in [5.74, 6) is -1.33. The van der Waals surface area contributed by atoms with E-state index >= 15 is 0 Å². The van der Waals surface area contributed by atoms with Crippen LogP contribution in [0.4, 0.5) is 18.3 Å². The summed E-state index contributed by atoms with van der Waals surface area (Å²) in [6, 6.07) is 4.74. The number of nitrogens with zero attached hydrogens (tertiary/aromatic N) is 4. The van der Waals surface area contributed by atoms with E-state index < -0.39 is 23.6 Å². The summed E-state index contributed by atoms with van der Waals surface area (Å²) in [5.41, 5.74) is 3.84. The lowest BCUT2D eigenvalue weighted by molar-refractivity contribution is -0.138. The molecule has 3 rings (SSSR count). The third-order valence-corrected chi connectivity index (χ3v) is 4.92. The summed E-state index contributed by atoms with van der Waals surface area (Å²) in [7, 11) is 0. The Balaban J connectivity index is 1.70. The van der Waals surface area contributed by atoms with Crippen LogP contribution in [0.5, 0.6) is 0 Å². The summed E-state index contributed by atoms with van der Waals surface area (Å²) in [6.45, 7) is 1.20. The zero-order chi connectivity index (χ0) is 18.9. The number of anilines is 1. The minimum absolute atomic E-state index is 0.0811. The summed E-state index contributed by atoms with van der Waals surface area (Å²) in [5, 5.41) is 8.12. The van der Waals surface area contributed by atoms with Gasteiger partial charge < -0.3 is 15.5 Å². The maximum atomic E-state index is 13.1. The van der Waals surface area contributed by atoms with Gasteiger partial charge >= 0.3 is 6.18 Å². The molecule has 7 nitrogen and oxygen atoms in total. The van der Waals surface area contributed by atoms with Crippen molar-refractivity contribution < 1.29 is 22.8 Å². The van der Waals surface area contributed by atoms with Crippen LogP contribution < -0.4 is 10.6 Å². The van der Waals surface area contributed by atoms with Gasteiger partial charge in [-0.3, -0.25) is 9.59 Å². The minimum atomic E-state index is -4.59. The Labute approximate surface area is 150 Å². The molecule has 1 aliphatic rings. The number of hydrogen-bond acceptors (Lipinski definition) is 6. The van der Waals surface area contributed by atoms with Gasteiger partial charge in [-0.25, -0.2) is 0 Å². The van der Waals surface area contributed by atoms with Crippen LogP contribution in [0.3, 0.4) is 0 Å². The smallest absolute Gasteiger partial charge is 0.363 e. The maximum Gasteiger partial charge on any atom is 0.417 e. The molecule has 2 aromatic rings. The van der Waals surface area contributed by atoms with Crippen molar-refractivity contribution >= 4 is 28.3 Å². The van der Waals surface area contributed by atoms with Gasteiger partial charge in [0.05, 0.1) is 11.1 Å². The van der Waals surface area contributed by atoms with E-state index in [1.807, 2.05) is 4.90 Å². The van der Waals surface area contributed by atoms with Crippen molar-refractivity contribution in [2.75, 3.05) is 31.1 Å².